The lowest BCUT2D eigenvalue weighted by Crippen LogP contribution is -2.46. The molecule has 1 N–H and O–H groups in total. The number of hydrogen-bond acceptors (Lipinski definition) is 7. The third-order valence-corrected chi connectivity index (χ3v) is 5.45. The van der Waals surface area contributed by atoms with Gasteiger partial charge in [0.1, 0.15) is 12.4 Å². The van der Waals surface area contributed by atoms with E-state index in [1.807, 2.05) is 47.9 Å². The fourth-order valence-electron chi connectivity index (χ4n) is 2.95. The summed E-state index contributed by atoms with van der Waals surface area (Å²) < 4.78 is 13.1. The molecule has 0 radical (unpaired) electrons. The summed E-state index contributed by atoms with van der Waals surface area (Å²) in [5.74, 6) is 0.885. The molecule has 0 aliphatic carbocycles. The molecule has 2 amide bonds. The number of hydrogen-bond donors (Lipinski definition) is 1. The molecule has 0 saturated heterocycles. The normalized spacial score (nSPS) is 14.9. The van der Waals surface area contributed by atoms with E-state index in [4.69, 9.17) is 9.47 Å². The van der Waals surface area contributed by atoms with Crippen LogP contribution < -0.4 is 14.8 Å². The van der Waals surface area contributed by atoms with Crippen molar-refractivity contribution >= 4 is 23.6 Å². The van der Waals surface area contributed by atoms with Gasteiger partial charge in [-0.2, -0.15) is 0 Å². The summed E-state index contributed by atoms with van der Waals surface area (Å²) in [5, 5.41) is 11.2. The Labute approximate surface area is 177 Å². The number of benzene rings is 2. The molecule has 1 atom stereocenters. The summed E-state index contributed by atoms with van der Waals surface area (Å²) in [6, 6.07) is 17.0. The maximum Gasteiger partial charge on any atom is 0.271 e. The fourth-order valence-corrected chi connectivity index (χ4v) is 3.73. The van der Waals surface area contributed by atoms with E-state index in [9.17, 15) is 9.59 Å². The molecule has 1 unspecified atom stereocenters. The second-order valence-electron chi connectivity index (χ2n) is 6.67. The molecule has 0 spiro atoms. The van der Waals surface area contributed by atoms with Crippen LogP contribution in [-0.4, -0.2) is 45.0 Å². The maximum absolute atomic E-state index is 12.4. The predicted molar refractivity (Wildman–Crippen MR) is 111 cm³/mol. The molecule has 0 fully saturated rings. The van der Waals surface area contributed by atoms with E-state index < -0.39 is 17.9 Å². The van der Waals surface area contributed by atoms with Crippen molar-refractivity contribution < 1.29 is 19.1 Å². The zero-order valence-electron chi connectivity index (χ0n) is 16.3. The van der Waals surface area contributed by atoms with Gasteiger partial charge in [-0.1, -0.05) is 54.2 Å². The molecule has 8 nitrogen and oxygen atoms in total. The summed E-state index contributed by atoms with van der Waals surface area (Å²) in [4.78, 5) is 24.6. The molecule has 30 heavy (non-hydrogen) atoms. The van der Waals surface area contributed by atoms with Gasteiger partial charge in [0, 0.05) is 0 Å². The first-order valence-electron chi connectivity index (χ1n) is 9.39. The van der Waals surface area contributed by atoms with E-state index in [0.717, 1.165) is 11.4 Å². The molecule has 2 heterocycles. The van der Waals surface area contributed by atoms with Gasteiger partial charge in [-0.25, -0.2) is 0 Å². The zero-order chi connectivity index (χ0) is 20.9. The van der Waals surface area contributed by atoms with Gasteiger partial charge in [0.25, 0.3) is 5.91 Å². The molecule has 3 aromatic rings. The molecule has 1 aliphatic heterocycles. The number of rotatable bonds is 6. The molecule has 2 aromatic carbocycles. The number of nitrogens with one attached hydrogen (secondary N) is 1. The second-order valence-corrected chi connectivity index (χ2v) is 7.61. The van der Waals surface area contributed by atoms with Crippen molar-refractivity contribution in [3.8, 4) is 11.5 Å². The Morgan fingerprint density at radius 1 is 1.10 bits per heavy atom. The number of aryl methyl sites for hydroxylation is 1. The van der Waals surface area contributed by atoms with Crippen molar-refractivity contribution in [1.29, 1.82) is 0 Å². The van der Waals surface area contributed by atoms with Crippen LogP contribution in [0.4, 0.5) is 0 Å². The molecule has 4 rings (SSSR count). The summed E-state index contributed by atoms with van der Waals surface area (Å²) in [7, 11) is 0. The van der Waals surface area contributed by atoms with Gasteiger partial charge in [0.05, 0.1) is 12.3 Å². The van der Waals surface area contributed by atoms with Crippen molar-refractivity contribution in [2.75, 3.05) is 12.4 Å². The lowest BCUT2D eigenvalue weighted by atomic mass is 10.2. The van der Waals surface area contributed by atoms with Gasteiger partial charge in [0.2, 0.25) is 12.0 Å². The van der Waals surface area contributed by atoms with E-state index in [-0.39, 0.29) is 12.4 Å². The predicted octanol–water partition coefficient (Wildman–Crippen LogP) is 2.21. The zero-order valence-corrected chi connectivity index (χ0v) is 17.1. The minimum Gasteiger partial charge on any atom is -0.485 e. The number of imide groups is 1. The largest absolute Gasteiger partial charge is 0.485 e. The van der Waals surface area contributed by atoms with Crippen LogP contribution in [0.1, 0.15) is 11.4 Å². The molecule has 1 aliphatic rings. The molecule has 0 bridgehead atoms. The number of carbonyl (C=O) groups excluding carboxylic acids is 2. The summed E-state index contributed by atoms with van der Waals surface area (Å²) >= 11 is 1.23. The number of carbonyl (C=O) groups is 2. The van der Waals surface area contributed by atoms with Crippen molar-refractivity contribution in [3.63, 3.8) is 0 Å². The van der Waals surface area contributed by atoms with Crippen LogP contribution in [0, 0.1) is 6.92 Å². The molecule has 0 saturated carbocycles. The Morgan fingerprint density at radius 3 is 2.63 bits per heavy atom. The highest BCUT2D eigenvalue weighted by Gasteiger charge is 2.28. The van der Waals surface area contributed by atoms with Crippen LogP contribution in [0.25, 0.3) is 0 Å². The number of nitrogens with zero attached hydrogens (tertiary/aromatic N) is 3. The number of para-hydroxylation sites is 2. The van der Waals surface area contributed by atoms with E-state index in [1.54, 1.807) is 18.2 Å². The fraction of sp³-hybridized carbons (Fsp3) is 0.238. The van der Waals surface area contributed by atoms with E-state index in [0.29, 0.717) is 23.2 Å². The number of aromatic nitrogens is 3. The number of thioether (sulfide) groups is 1. The van der Waals surface area contributed by atoms with Crippen LogP contribution >= 0.6 is 11.8 Å². The van der Waals surface area contributed by atoms with Crippen molar-refractivity contribution in [1.82, 2.24) is 20.1 Å². The molecular weight excluding hydrogens is 404 g/mol. The quantitative estimate of drug-likeness (QED) is 0.606. The third-order valence-electron chi connectivity index (χ3n) is 4.48. The van der Waals surface area contributed by atoms with Crippen molar-refractivity contribution in [2.24, 2.45) is 0 Å². The standard InChI is InChI=1S/C21H20N4O4S/c1-14-23-24-21(25(14)11-15-7-3-2-4-8-15)30-13-19(26)22-20(27)18-12-28-16-9-5-6-10-17(16)29-18/h2-10,18H,11-13H2,1H3,(H,22,26,27). The Bertz CT molecular complexity index is 1050. The molecule has 154 valence electrons. The van der Waals surface area contributed by atoms with Gasteiger partial charge in [-0.05, 0) is 24.6 Å². The van der Waals surface area contributed by atoms with Crippen molar-refractivity contribution in [2.45, 2.75) is 24.7 Å². The van der Waals surface area contributed by atoms with E-state index in [1.165, 1.54) is 11.8 Å². The van der Waals surface area contributed by atoms with Gasteiger partial charge in [0.15, 0.2) is 16.7 Å². The van der Waals surface area contributed by atoms with E-state index in [2.05, 4.69) is 15.5 Å². The van der Waals surface area contributed by atoms with Crippen LogP contribution in [0.5, 0.6) is 11.5 Å². The highest BCUT2D eigenvalue weighted by Crippen LogP contribution is 2.30. The van der Waals surface area contributed by atoms with Gasteiger partial charge in [-0.3, -0.25) is 14.9 Å². The Morgan fingerprint density at radius 2 is 1.83 bits per heavy atom. The first-order chi connectivity index (χ1) is 14.6. The smallest absolute Gasteiger partial charge is 0.271 e. The SMILES string of the molecule is Cc1nnc(SCC(=O)NC(=O)C2COc3ccccc3O2)n1Cc1ccccc1. The summed E-state index contributed by atoms with van der Waals surface area (Å²) in [6.07, 6.45) is -0.877. The average Bonchev–Trinajstić information content (AvgIpc) is 3.12. The van der Waals surface area contributed by atoms with Crippen molar-refractivity contribution in [3.05, 3.63) is 66.0 Å². The molecule has 1 aromatic heterocycles. The van der Waals surface area contributed by atoms with Gasteiger partial charge < -0.3 is 14.0 Å². The number of amides is 2. The molecule has 9 heteroatoms. The Hall–Kier alpha value is -3.33. The highest BCUT2D eigenvalue weighted by atomic mass is 32.2. The first kappa shape index (κ1) is 20.0. The number of ether oxygens (including phenoxy) is 2. The monoisotopic (exact) mass is 424 g/mol. The van der Waals surface area contributed by atoms with Crippen LogP contribution in [0.2, 0.25) is 0 Å². The third kappa shape index (κ3) is 4.62. The first-order valence-corrected chi connectivity index (χ1v) is 10.4. The van der Waals surface area contributed by atoms with Crippen LogP contribution in [-0.2, 0) is 16.1 Å². The highest BCUT2D eigenvalue weighted by molar-refractivity contribution is 7.99. The second kappa shape index (κ2) is 9.00. The minimum absolute atomic E-state index is 0.0306. The topological polar surface area (TPSA) is 95.3 Å². The maximum atomic E-state index is 12.4. The Balaban J connectivity index is 1.32. The average molecular weight is 424 g/mol. The number of fused-ring (bicyclic) bond motifs is 1. The lowest BCUT2D eigenvalue weighted by molar-refractivity contribution is -0.135. The van der Waals surface area contributed by atoms with E-state index >= 15 is 0 Å². The van der Waals surface area contributed by atoms with Crippen LogP contribution in [0.3, 0.4) is 0 Å². The summed E-state index contributed by atoms with van der Waals surface area (Å²) in [5.41, 5.74) is 1.11. The summed E-state index contributed by atoms with van der Waals surface area (Å²) in [6.45, 7) is 2.52. The van der Waals surface area contributed by atoms with Gasteiger partial charge in [-0.15, -0.1) is 10.2 Å². The lowest BCUT2D eigenvalue weighted by Gasteiger charge is -2.25. The van der Waals surface area contributed by atoms with Gasteiger partial charge >= 0.3 is 0 Å². The molecular formula is C21H20N4O4S. The Kier molecular flexibility index (Phi) is 5.99. The minimum atomic E-state index is -0.877. The van der Waals surface area contributed by atoms with Crippen LogP contribution in [0.15, 0.2) is 59.8 Å².